The number of thioether (sulfide) groups is 1. The van der Waals surface area contributed by atoms with Crippen LogP contribution in [0.25, 0.3) is 5.76 Å². The molecule has 8 nitrogen and oxygen atoms in total. The number of carbonyl (C=O) groups is 2. The molecule has 1 amide bonds. The van der Waals surface area contributed by atoms with Crippen molar-refractivity contribution in [3.63, 3.8) is 0 Å². The van der Waals surface area contributed by atoms with Crippen LogP contribution < -0.4 is 14.4 Å². The molecular weight excluding hydrogens is 594 g/mol. The fourth-order valence-corrected chi connectivity index (χ4v) is 6.39. The number of unbranched alkanes of at least 4 members (excludes halogenated alkanes) is 1. The molecule has 1 aliphatic heterocycles. The van der Waals surface area contributed by atoms with E-state index in [0.717, 1.165) is 18.4 Å². The summed E-state index contributed by atoms with van der Waals surface area (Å²) in [6, 6.07) is 20.4. The summed E-state index contributed by atoms with van der Waals surface area (Å²) in [5.41, 5.74) is 2.00. The Bertz CT molecular complexity index is 1610. The topological polar surface area (TPSA) is 102 Å². The number of benzene rings is 3. The number of ketones is 1. The number of carbonyl (C=O) groups excluding carboxylic acids is 2. The number of Topliss-reactive ketones (excluding diaryl/α,β-unsaturated/α-hetero) is 1. The van der Waals surface area contributed by atoms with Crippen molar-refractivity contribution in [2.24, 2.45) is 0 Å². The van der Waals surface area contributed by atoms with Crippen LogP contribution in [0.15, 0.2) is 82.7 Å². The predicted molar refractivity (Wildman–Crippen MR) is 166 cm³/mol. The van der Waals surface area contributed by atoms with E-state index in [9.17, 15) is 14.7 Å². The smallest absolute Gasteiger partial charge is 0.301 e. The van der Waals surface area contributed by atoms with Crippen molar-refractivity contribution < 1.29 is 24.2 Å². The van der Waals surface area contributed by atoms with Crippen molar-refractivity contribution in [3.8, 4) is 11.5 Å². The maximum Gasteiger partial charge on any atom is 0.301 e. The number of hydrogen-bond donors (Lipinski definition) is 1. The lowest BCUT2D eigenvalue weighted by molar-refractivity contribution is -0.132. The summed E-state index contributed by atoms with van der Waals surface area (Å²) >= 11 is 8.67. The van der Waals surface area contributed by atoms with E-state index in [1.165, 1.54) is 28.0 Å². The number of rotatable bonds is 11. The van der Waals surface area contributed by atoms with Crippen LogP contribution in [0.4, 0.5) is 5.13 Å². The fraction of sp³-hybridized carbons (Fsp3) is 0.226. The number of halogens is 1. The quantitative estimate of drug-likeness (QED) is 0.0465. The van der Waals surface area contributed by atoms with Crippen LogP contribution in [0.5, 0.6) is 11.5 Å². The second-order valence-corrected chi connectivity index (χ2v) is 12.1. The van der Waals surface area contributed by atoms with Gasteiger partial charge < -0.3 is 14.6 Å². The first-order valence-corrected chi connectivity index (χ1v) is 15.5. The van der Waals surface area contributed by atoms with Crippen molar-refractivity contribution >= 4 is 57.3 Å². The number of methoxy groups -OCH3 is 1. The van der Waals surface area contributed by atoms with Crippen LogP contribution in [-0.2, 0) is 15.3 Å². The lowest BCUT2D eigenvalue weighted by Gasteiger charge is -2.23. The van der Waals surface area contributed by atoms with E-state index < -0.39 is 17.7 Å². The minimum Gasteiger partial charge on any atom is -0.507 e. The first-order valence-electron chi connectivity index (χ1n) is 13.3. The molecule has 0 bridgehead atoms. The third-order valence-corrected chi connectivity index (χ3v) is 9.00. The Morgan fingerprint density at radius 1 is 1.05 bits per heavy atom. The van der Waals surface area contributed by atoms with Gasteiger partial charge in [0, 0.05) is 16.3 Å². The lowest BCUT2D eigenvalue weighted by atomic mass is 9.95. The van der Waals surface area contributed by atoms with Crippen LogP contribution in [-0.4, -0.2) is 40.7 Å². The summed E-state index contributed by atoms with van der Waals surface area (Å²) in [6.07, 6.45) is 1.87. The van der Waals surface area contributed by atoms with E-state index in [1.54, 1.807) is 49.6 Å². The van der Waals surface area contributed by atoms with E-state index in [0.29, 0.717) is 44.3 Å². The number of aliphatic hydroxyl groups excluding tert-OH is 1. The highest BCUT2D eigenvalue weighted by Gasteiger charge is 2.48. The first kappa shape index (κ1) is 29.6. The molecule has 0 radical (unpaired) electrons. The second kappa shape index (κ2) is 13.4. The fourth-order valence-electron chi connectivity index (χ4n) is 4.44. The van der Waals surface area contributed by atoms with E-state index >= 15 is 0 Å². The molecule has 0 aliphatic carbocycles. The minimum atomic E-state index is -0.941. The molecule has 11 heteroatoms. The number of anilines is 1. The zero-order valence-electron chi connectivity index (χ0n) is 23.0. The Morgan fingerprint density at radius 3 is 2.52 bits per heavy atom. The Labute approximate surface area is 257 Å². The molecule has 4 aromatic rings. The standard InChI is InChI=1S/C31H28ClN3O5S2/c1-3-4-16-40-24-7-5-6-21(17-24)26-25(27(36)20-10-14-23(39-2)15-11-20)28(37)29(38)35(26)30-33-34-31(42-30)41-18-19-8-12-22(32)13-9-19/h5-15,17,26,36H,3-4,16,18H2,1-2H3/b27-25+. The highest BCUT2D eigenvalue weighted by molar-refractivity contribution is 8.00. The third-order valence-electron chi connectivity index (χ3n) is 6.63. The van der Waals surface area contributed by atoms with E-state index in [-0.39, 0.29) is 16.5 Å². The molecule has 1 aliphatic rings. The molecule has 0 saturated carbocycles. The van der Waals surface area contributed by atoms with Gasteiger partial charge in [-0.2, -0.15) is 0 Å². The maximum atomic E-state index is 13.6. The minimum absolute atomic E-state index is 0.0403. The summed E-state index contributed by atoms with van der Waals surface area (Å²) in [5, 5.41) is 20.9. The molecule has 1 N–H and O–H groups in total. The maximum absolute atomic E-state index is 13.6. The number of hydrogen-bond acceptors (Lipinski definition) is 9. The first-order chi connectivity index (χ1) is 20.4. The van der Waals surface area contributed by atoms with E-state index in [1.807, 2.05) is 30.3 Å². The van der Waals surface area contributed by atoms with Crippen molar-refractivity contribution in [3.05, 3.63) is 100 Å². The Morgan fingerprint density at radius 2 is 1.81 bits per heavy atom. The zero-order valence-corrected chi connectivity index (χ0v) is 25.3. The van der Waals surface area contributed by atoms with Crippen molar-refractivity contribution in [2.75, 3.05) is 18.6 Å². The van der Waals surface area contributed by atoms with Crippen LogP contribution in [0, 0.1) is 0 Å². The number of nitrogens with zero attached hydrogens (tertiary/aromatic N) is 3. The predicted octanol–water partition coefficient (Wildman–Crippen LogP) is 7.30. The van der Waals surface area contributed by atoms with Crippen molar-refractivity contribution in [1.29, 1.82) is 0 Å². The highest BCUT2D eigenvalue weighted by atomic mass is 35.5. The van der Waals surface area contributed by atoms with Crippen LogP contribution in [0.1, 0.15) is 42.5 Å². The number of aromatic nitrogens is 2. The summed E-state index contributed by atoms with van der Waals surface area (Å²) < 4.78 is 11.8. The van der Waals surface area contributed by atoms with Gasteiger partial charge in [-0.25, -0.2) is 0 Å². The molecular formula is C31H28ClN3O5S2. The number of aliphatic hydroxyl groups is 1. The molecule has 1 fully saturated rings. The summed E-state index contributed by atoms with van der Waals surface area (Å²) in [5.74, 6) is -0.0649. The summed E-state index contributed by atoms with van der Waals surface area (Å²) in [7, 11) is 1.54. The zero-order chi connectivity index (χ0) is 29.6. The van der Waals surface area contributed by atoms with Gasteiger partial charge in [0.05, 0.1) is 25.3 Å². The van der Waals surface area contributed by atoms with Gasteiger partial charge >= 0.3 is 5.91 Å². The van der Waals surface area contributed by atoms with Crippen LogP contribution >= 0.6 is 34.7 Å². The molecule has 2 heterocycles. The van der Waals surface area contributed by atoms with Crippen molar-refractivity contribution in [1.82, 2.24) is 10.2 Å². The average Bonchev–Trinajstić information content (AvgIpc) is 3.58. The third kappa shape index (κ3) is 6.46. The monoisotopic (exact) mass is 621 g/mol. The lowest BCUT2D eigenvalue weighted by Crippen LogP contribution is -2.29. The molecule has 1 unspecified atom stereocenters. The molecule has 1 aromatic heterocycles. The normalized spacial score (nSPS) is 16.2. The van der Waals surface area contributed by atoms with E-state index in [4.69, 9.17) is 21.1 Å². The van der Waals surface area contributed by atoms with Gasteiger partial charge in [-0.05, 0) is 66.1 Å². The van der Waals surface area contributed by atoms with Gasteiger partial charge in [0.25, 0.3) is 5.78 Å². The molecule has 216 valence electrons. The molecule has 42 heavy (non-hydrogen) atoms. The number of ether oxygens (including phenoxy) is 2. The molecule has 1 saturated heterocycles. The highest BCUT2D eigenvalue weighted by Crippen LogP contribution is 2.44. The van der Waals surface area contributed by atoms with Gasteiger partial charge in [0.2, 0.25) is 5.13 Å². The summed E-state index contributed by atoms with van der Waals surface area (Å²) in [6.45, 7) is 2.62. The van der Waals surface area contributed by atoms with E-state index in [2.05, 4.69) is 17.1 Å². The van der Waals surface area contributed by atoms with Crippen LogP contribution in [0.2, 0.25) is 5.02 Å². The Hall–Kier alpha value is -3.86. The largest absolute Gasteiger partial charge is 0.507 e. The van der Waals surface area contributed by atoms with Gasteiger partial charge in [0.15, 0.2) is 4.34 Å². The molecule has 5 rings (SSSR count). The van der Waals surface area contributed by atoms with Gasteiger partial charge in [-0.1, -0.05) is 72.3 Å². The van der Waals surface area contributed by atoms with Crippen molar-refractivity contribution in [2.45, 2.75) is 35.9 Å². The summed E-state index contributed by atoms with van der Waals surface area (Å²) in [4.78, 5) is 28.4. The molecule has 1 atom stereocenters. The van der Waals surface area contributed by atoms with Gasteiger partial charge in [-0.15, -0.1) is 10.2 Å². The van der Waals surface area contributed by atoms with Gasteiger partial charge in [-0.3, -0.25) is 14.5 Å². The van der Waals surface area contributed by atoms with Gasteiger partial charge in [0.1, 0.15) is 17.3 Å². The Balaban J connectivity index is 1.53. The number of amides is 1. The SMILES string of the molecule is CCCCOc1cccc(C2/C(=C(\O)c3ccc(OC)cc3)C(=O)C(=O)N2c2nnc(SCc3ccc(Cl)cc3)s2)c1. The Kier molecular flexibility index (Phi) is 9.46. The molecule has 3 aromatic carbocycles. The van der Waals surface area contributed by atoms with Crippen LogP contribution in [0.3, 0.4) is 0 Å². The second-order valence-electron chi connectivity index (χ2n) is 9.44. The molecule has 0 spiro atoms. The average molecular weight is 622 g/mol.